The second-order valence-electron chi connectivity index (χ2n) is 2.77. The second kappa shape index (κ2) is 5.02. The first kappa shape index (κ1) is 10.3. The molecule has 2 heteroatoms. The van der Waals surface area contributed by atoms with Crippen LogP contribution in [0.15, 0.2) is 54.7 Å². The maximum atomic E-state index is 5.42. The van der Waals surface area contributed by atoms with Gasteiger partial charge in [0, 0.05) is 6.20 Å². The van der Waals surface area contributed by atoms with Gasteiger partial charge >= 0.3 is 0 Å². The number of benzene rings is 1. The minimum Gasteiger partial charge on any atom is -0.439 e. The smallest absolute Gasteiger partial charge is 0.218 e. The minimum atomic E-state index is 0.448. The zero-order valence-electron chi connectivity index (χ0n) is 8.23. The Morgan fingerprint density at radius 1 is 1.29 bits per heavy atom. The average molecular weight is 187 g/mol. The van der Waals surface area contributed by atoms with E-state index in [-0.39, 0.29) is 0 Å². The van der Waals surface area contributed by atoms with E-state index in [4.69, 9.17) is 4.74 Å². The maximum Gasteiger partial charge on any atom is 0.218 e. The van der Waals surface area contributed by atoms with Gasteiger partial charge in [0.25, 0.3) is 0 Å². The summed E-state index contributed by atoms with van der Waals surface area (Å²) < 4.78 is 5.42. The lowest BCUT2D eigenvalue weighted by atomic mass is 10.2. The summed E-state index contributed by atoms with van der Waals surface area (Å²) in [6.45, 7) is 9.10. The van der Waals surface area contributed by atoms with Crippen LogP contribution in [0.2, 0.25) is 0 Å². The van der Waals surface area contributed by atoms with Crippen molar-refractivity contribution in [2.75, 3.05) is 0 Å². The maximum absolute atomic E-state index is 5.42. The van der Waals surface area contributed by atoms with Gasteiger partial charge in [0.15, 0.2) is 0 Å². The van der Waals surface area contributed by atoms with Crippen molar-refractivity contribution in [2.45, 2.75) is 6.92 Å². The van der Waals surface area contributed by atoms with Crippen LogP contribution in [0.4, 0.5) is 0 Å². The van der Waals surface area contributed by atoms with Crippen molar-refractivity contribution >= 4 is 5.90 Å². The topological polar surface area (TPSA) is 21.6 Å². The molecule has 0 N–H and O–H groups in total. The van der Waals surface area contributed by atoms with Gasteiger partial charge in [-0.05, 0) is 25.1 Å². The van der Waals surface area contributed by atoms with Crippen molar-refractivity contribution in [3.8, 4) is 5.75 Å². The summed E-state index contributed by atoms with van der Waals surface area (Å²) in [6.07, 6.45) is 2.97. The molecule has 2 nitrogen and oxygen atoms in total. The van der Waals surface area contributed by atoms with Crippen molar-refractivity contribution in [1.82, 2.24) is 0 Å². The van der Waals surface area contributed by atoms with Crippen LogP contribution in [0, 0.1) is 6.92 Å². The minimum absolute atomic E-state index is 0.448. The molecule has 0 bridgehead atoms. The highest BCUT2D eigenvalue weighted by molar-refractivity contribution is 5.89. The number of rotatable bonds is 3. The Morgan fingerprint density at radius 3 is 2.43 bits per heavy atom. The second-order valence-corrected chi connectivity index (χ2v) is 2.77. The standard InChI is InChI=1S/C12H13NO/c1-4-12(13-5-2)14-11-8-6-10(3)7-9-11/h4-9H,1-2H2,3H3. The average Bonchev–Trinajstić information content (AvgIpc) is 2.20. The molecule has 0 unspecified atom stereocenters. The summed E-state index contributed by atoms with van der Waals surface area (Å²) in [6, 6.07) is 7.72. The predicted molar refractivity (Wildman–Crippen MR) is 59.6 cm³/mol. The zero-order chi connectivity index (χ0) is 10.4. The zero-order valence-corrected chi connectivity index (χ0v) is 8.23. The molecule has 0 spiro atoms. The van der Waals surface area contributed by atoms with Gasteiger partial charge in [0.1, 0.15) is 5.75 Å². The van der Waals surface area contributed by atoms with Crippen LogP contribution in [-0.4, -0.2) is 5.90 Å². The van der Waals surface area contributed by atoms with Crippen molar-refractivity contribution in [3.05, 3.63) is 55.3 Å². The summed E-state index contributed by atoms with van der Waals surface area (Å²) >= 11 is 0. The molecule has 0 aliphatic heterocycles. The van der Waals surface area contributed by atoms with Gasteiger partial charge in [-0.15, -0.1) is 0 Å². The van der Waals surface area contributed by atoms with Crippen LogP contribution < -0.4 is 4.74 Å². The Bertz CT molecular complexity index is 349. The largest absolute Gasteiger partial charge is 0.439 e. The highest BCUT2D eigenvalue weighted by atomic mass is 16.5. The SMILES string of the molecule is C=CN=C(C=C)Oc1ccc(C)cc1. The van der Waals surface area contributed by atoms with Gasteiger partial charge in [0.05, 0.1) is 0 Å². The van der Waals surface area contributed by atoms with E-state index in [9.17, 15) is 0 Å². The molecule has 14 heavy (non-hydrogen) atoms. The van der Waals surface area contributed by atoms with E-state index in [0.717, 1.165) is 5.75 Å². The predicted octanol–water partition coefficient (Wildman–Crippen LogP) is 3.10. The molecular formula is C12H13NO. The monoisotopic (exact) mass is 187 g/mol. The fraction of sp³-hybridized carbons (Fsp3) is 0.0833. The van der Waals surface area contributed by atoms with Gasteiger partial charge in [-0.3, -0.25) is 0 Å². The fourth-order valence-corrected chi connectivity index (χ4v) is 0.938. The van der Waals surface area contributed by atoms with Gasteiger partial charge in [-0.1, -0.05) is 30.9 Å². The fourth-order valence-electron chi connectivity index (χ4n) is 0.938. The Kier molecular flexibility index (Phi) is 3.68. The number of hydrogen-bond acceptors (Lipinski definition) is 2. The lowest BCUT2D eigenvalue weighted by Gasteiger charge is -2.04. The molecule has 0 saturated heterocycles. The quantitative estimate of drug-likeness (QED) is 0.526. The molecule has 0 heterocycles. The van der Waals surface area contributed by atoms with Crippen molar-refractivity contribution in [1.29, 1.82) is 0 Å². The van der Waals surface area contributed by atoms with Crippen molar-refractivity contribution in [3.63, 3.8) is 0 Å². The van der Waals surface area contributed by atoms with Gasteiger partial charge < -0.3 is 4.74 Å². The molecule has 0 atom stereocenters. The summed E-state index contributed by atoms with van der Waals surface area (Å²) in [5.41, 5.74) is 1.19. The van der Waals surface area contributed by atoms with E-state index in [1.807, 2.05) is 31.2 Å². The van der Waals surface area contributed by atoms with E-state index >= 15 is 0 Å². The highest BCUT2D eigenvalue weighted by Crippen LogP contribution is 2.11. The lowest BCUT2D eigenvalue weighted by molar-refractivity contribution is 0.555. The van der Waals surface area contributed by atoms with Crippen LogP contribution in [0.3, 0.4) is 0 Å². The molecule has 0 amide bonds. The number of aliphatic imine (C=N–C) groups is 1. The van der Waals surface area contributed by atoms with Crippen LogP contribution >= 0.6 is 0 Å². The number of aryl methyl sites for hydroxylation is 1. The van der Waals surface area contributed by atoms with E-state index in [0.29, 0.717) is 5.90 Å². The third-order valence-corrected chi connectivity index (χ3v) is 1.64. The van der Waals surface area contributed by atoms with E-state index in [2.05, 4.69) is 18.2 Å². The highest BCUT2D eigenvalue weighted by Gasteiger charge is 1.96. The summed E-state index contributed by atoms with van der Waals surface area (Å²) in [5.74, 6) is 1.19. The third kappa shape index (κ3) is 2.90. The summed E-state index contributed by atoms with van der Waals surface area (Å²) in [7, 11) is 0. The molecule has 1 aromatic carbocycles. The van der Waals surface area contributed by atoms with Crippen LogP contribution in [-0.2, 0) is 0 Å². The number of ether oxygens (including phenoxy) is 1. The third-order valence-electron chi connectivity index (χ3n) is 1.64. The normalized spacial score (nSPS) is 10.8. The molecule has 0 saturated carbocycles. The first-order chi connectivity index (χ1) is 6.76. The molecule has 0 aromatic heterocycles. The number of hydrogen-bond donors (Lipinski definition) is 0. The van der Waals surface area contributed by atoms with Crippen LogP contribution in [0.1, 0.15) is 5.56 Å². The van der Waals surface area contributed by atoms with Crippen molar-refractivity contribution < 1.29 is 4.74 Å². The van der Waals surface area contributed by atoms with Crippen LogP contribution in [0.5, 0.6) is 5.75 Å². The summed E-state index contributed by atoms with van der Waals surface area (Å²) in [4.78, 5) is 3.90. The summed E-state index contributed by atoms with van der Waals surface area (Å²) in [5, 5.41) is 0. The molecule has 72 valence electrons. The van der Waals surface area contributed by atoms with Gasteiger partial charge in [0.2, 0.25) is 5.90 Å². The van der Waals surface area contributed by atoms with Gasteiger partial charge in [-0.2, -0.15) is 0 Å². The van der Waals surface area contributed by atoms with E-state index < -0.39 is 0 Å². The first-order valence-electron chi connectivity index (χ1n) is 4.32. The van der Waals surface area contributed by atoms with Crippen molar-refractivity contribution in [2.24, 2.45) is 4.99 Å². The molecule has 0 fully saturated rings. The Morgan fingerprint density at radius 2 is 1.93 bits per heavy atom. The number of nitrogens with zero attached hydrogens (tertiary/aromatic N) is 1. The first-order valence-corrected chi connectivity index (χ1v) is 4.32. The van der Waals surface area contributed by atoms with Crippen LogP contribution in [0.25, 0.3) is 0 Å². The Balaban J connectivity index is 2.77. The molecule has 0 aliphatic carbocycles. The molecular weight excluding hydrogens is 174 g/mol. The van der Waals surface area contributed by atoms with E-state index in [1.54, 1.807) is 6.08 Å². The molecule has 1 rings (SSSR count). The molecule has 1 aromatic rings. The lowest BCUT2D eigenvalue weighted by Crippen LogP contribution is -2.03. The van der Waals surface area contributed by atoms with E-state index in [1.165, 1.54) is 11.8 Å². The molecule has 0 aliphatic rings. The Hall–Kier alpha value is -1.83. The molecule has 0 radical (unpaired) electrons. The van der Waals surface area contributed by atoms with Gasteiger partial charge in [-0.25, -0.2) is 4.99 Å². The Labute approximate surface area is 84.3 Å².